The average molecular weight is 286 g/mol. The van der Waals surface area contributed by atoms with E-state index in [4.69, 9.17) is 0 Å². The lowest BCUT2D eigenvalue weighted by Gasteiger charge is -2.16. The zero-order chi connectivity index (χ0) is 11.7. The number of aliphatic hydroxyl groups excluding tert-OH is 2. The molecule has 0 aromatic heterocycles. The number of alkyl halides is 1. The molecule has 0 radical (unpaired) electrons. The molecule has 4 nitrogen and oxygen atoms in total. The zero-order valence-corrected chi connectivity index (χ0v) is 10.1. The minimum atomic E-state index is -0.942. The quantitative estimate of drug-likeness (QED) is 0.725. The number of aliphatic hydroxyl groups is 2. The number of rotatable bonds is 3. The molecule has 1 amide bonds. The van der Waals surface area contributed by atoms with Gasteiger partial charge in [-0.2, -0.15) is 0 Å². The van der Waals surface area contributed by atoms with E-state index in [0.29, 0.717) is 17.3 Å². The number of anilines is 1. The Morgan fingerprint density at radius 1 is 1.44 bits per heavy atom. The molecule has 1 aliphatic heterocycles. The molecule has 0 aliphatic carbocycles. The topological polar surface area (TPSA) is 69.6 Å². The second kappa shape index (κ2) is 4.53. The van der Waals surface area contributed by atoms with E-state index in [1.165, 1.54) is 0 Å². The number of benzene rings is 1. The molecule has 3 N–H and O–H groups in total. The van der Waals surface area contributed by atoms with Gasteiger partial charge in [0, 0.05) is 11.0 Å². The minimum absolute atomic E-state index is 0.0392. The highest BCUT2D eigenvalue weighted by molar-refractivity contribution is 9.09. The fraction of sp³-hybridized carbons (Fsp3) is 0.364. The number of hydrogen-bond acceptors (Lipinski definition) is 3. The first kappa shape index (κ1) is 11.6. The standard InChI is InChI=1S/C11H12BrNO3/c12-5-9(14)11(16)7-2-1-6-4-10(15)13-8(6)3-7/h1-3,9,11,14,16H,4-5H2,(H,13,15). The van der Waals surface area contributed by atoms with Crippen LogP contribution in [0, 0.1) is 0 Å². The van der Waals surface area contributed by atoms with Crippen LogP contribution in [-0.4, -0.2) is 27.6 Å². The van der Waals surface area contributed by atoms with Gasteiger partial charge in [-0.15, -0.1) is 0 Å². The third kappa shape index (κ3) is 2.11. The molecule has 1 heterocycles. The van der Waals surface area contributed by atoms with Crippen molar-refractivity contribution in [2.24, 2.45) is 0 Å². The molecule has 0 spiro atoms. The zero-order valence-electron chi connectivity index (χ0n) is 8.48. The minimum Gasteiger partial charge on any atom is -0.389 e. The molecule has 0 fully saturated rings. The summed E-state index contributed by atoms with van der Waals surface area (Å²) in [6.07, 6.45) is -1.41. The van der Waals surface area contributed by atoms with Gasteiger partial charge in [0.25, 0.3) is 0 Å². The Labute approximate surface area is 101 Å². The van der Waals surface area contributed by atoms with E-state index < -0.39 is 12.2 Å². The SMILES string of the molecule is O=C1Cc2ccc(C(O)C(O)CBr)cc2N1. The van der Waals surface area contributed by atoms with Crippen LogP contribution in [0.15, 0.2) is 18.2 Å². The highest BCUT2D eigenvalue weighted by Crippen LogP contribution is 2.28. The molecule has 5 heteroatoms. The maximum absolute atomic E-state index is 11.1. The Morgan fingerprint density at radius 2 is 2.19 bits per heavy atom. The number of hydrogen-bond donors (Lipinski definition) is 3. The van der Waals surface area contributed by atoms with Crippen LogP contribution in [-0.2, 0) is 11.2 Å². The number of carbonyl (C=O) groups is 1. The van der Waals surface area contributed by atoms with Crippen molar-refractivity contribution >= 4 is 27.5 Å². The molecule has 1 aromatic carbocycles. The summed E-state index contributed by atoms with van der Waals surface area (Å²) in [7, 11) is 0. The van der Waals surface area contributed by atoms with E-state index >= 15 is 0 Å². The van der Waals surface area contributed by atoms with Crippen LogP contribution in [0.25, 0.3) is 0 Å². The van der Waals surface area contributed by atoms with Crippen molar-refractivity contribution in [2.45, 2.75) is 18.6 Å². The fourth-order valence-electron chi connectivity index (χ4n) is 1.72. The van der Waals surface area contributed by atoms with Crippen LogP contribution >= 0.6 is 15.9 Å². The second-order valence-electron chi connectivity index (χ2n) is 3.81. The predicted molar refractivity (Wildman–Crippen MR) is 63.5 cm³/mol. The lowest BCUT2D eigenvalue weighted by atomic mass is 10.0. The van der Waals surface area contributed by atoms with Crippen LogP contribution in [0.1, 0.15) is 17.2 Å². The van der Waals surface area contributed by atoms with E-state index in [0.717, 1.165) is 11.3 Å². The molecule has 2 unspecified atom stereocenters. The number of halogens is 1. The number of nitrogens with one attached hydrogen (secondary N) is 1. The van der Waals surface area contributed by atoms with E-state index in [2.05, 4.69) is 21.2 Å². The van der Waals surface area contributed by atoms with Gasteiger partial charge < -0.3 is 15.5 Å². The van der Waals surface area contributed by atoms with Crippen molar-refractivity contribution < 1.29 is 15.0 Å². The summed E-state index contributed by atoms with van der Waals surface area (Å²) in [6, 6.07) is 5.24. The van der Waals surface area contributed by atoms with Crippen molar-refractivity contribution in [1.29, 1.82) is 0 Å². The highest BCUT2D eigenvalue weighted by Gasteiger charge is 2.22. The third-order valence-corrected chi connectivity index (χ3v) is 3.29. The lowest BCUT2D eigenvalue weighted by Crippen LogP contribution is -2.19. The molecule has 0 bridgehead atoms. The normalized spacial score (nSPS) is 17.8. The van der Waals surface area contributed by atoms with Gasteiger partial charge in [0.2, 0.25) is 5.91 Å². The second-order valence-corrected chi connectivity index (χ2v) is 4.46. The van der Waals surface area contributed by atoms with E-state index in [1.807, 2.05) is 0 Å². The van der Waals surface area contributed by atoms with E-state index in [1.54, 1.807) is 18.2 Å². The van der Waals surface area contributed by atoms with Crippen molar-refractivity contribution in [1.82, 2.24) is 0 Å². The van der Waals surface area contributed by atoms with Crippen LogP contribution in [0.5, 0.6) is 0 Å². The average Bonchev–Trinajstić information content (AvgIpc) is 2.65. The third-order valence-electron chi connectivity index (χ3n) is 2.62. The van der Waals surface area contributed by atoms with Gasteiger partial charge >= 0.3 is 0 Å². The molecular weight excluding hydrogens is 274 g/mol. The number of fused-ring (bicyclic) bond motifs is 1. The Hall–Kier alpha value is -0.910. The van der Waals surface area contributed by atoms with Crippen molar-refractivity contribution in [3.8, 4) is 0 Å². The van der Waals surface area contributed by atoms with Gasteiger partial charge in [-0.1, -0.05) is 28.1 Å². The van der Waals surface area contributed by atoms with Gasteiger partial charge in [0.05, 0.1) is 12.5 Å². The molecule has 86 valence electrons. The van der Waals surface area contributed by atoms with Crippen LogP contribution in [0.3, 0.4) is 0 Å². The maximum atomic E-state index is 11.1. The summed E-state index contributed by atoms with van der Waals surface area (Å²) in [5.41, 5.74) is 2.26. The molecule has 0 saturated heterocycles. The Balaban J connectivity index is 2.25. The van der Waals surface area contributed by atoms with Gasteiger partial charge in [0.15, 0.2) is 0 Å². The Bertz CT molecular complexity index is 422. The smallest absolute Gasteiger partial charge is 0.228 e. The largest absolute Gasteiger partial charge is 0.389 e. The van der Waals surface area contributed by atoms with E-state index in [9.17, 15) is 15.0 Å². The monoisotopic (exact) mass is 285 g/mol. The summed E-state index contributed by atoms with van der Waals surface area (Å²) in [4.78, 5) is 11.1. The summed E-state index contributed by atoms with van der Waals surface area (Å²) in [6.45, 7) is 0. The van der Waals surface area contributed by atoms with Gasteiger partial charge in [0.1, 0.15) is 6.10 Å². The lowest BCUT2D eigenvalue weighted by molar-refractivity contribution is -0.115. The molecule has 2 atom stereocenters. The van der Waals surface area contributed by atoms with Crippen molar-refractivity contribution in [3.05, 3.63) is 29.3 Å². The maximum Gasteiger partial charge on any atom is 0.228 e. The first-order chi connectivity index (χ1) is 7.61. The van der Waals surface area contributed by atoms with Crippen LogP contribution in [0.4, 0.5) is 5.69 Å². The Morgan fingerprint density at radius 3 is 2.88 bits per heavy atom. The first-order valence-corrected chi connectivity index (χ1v) is 6.08. The van der Waals surface area contributed by atoms with Crippen molar-refractivity contribution in [3.63, 3.8) is 0 Å². The number of carbonyl (C=O) groups excluding carboxylic acids is 1. The van der Waals surface area contributed by atoms with Crippen LogP contribution < -0.4 is 5.32 Å². The summed E-state index contributed by atoms with van der Waals surface area (Å²) >= 11 is 3.10. The molecule has 0 saturated carbocycles. The summed E-state index contributed by atoms with van der Waals surface area (Å²) in [5.74, 6) is -0.0392. The molecular formula is C11H12BrNO3. The molecule has 1 aromatic rings. The first-order valence-electron chi connectivity index (χ1n) is 4.96. The number of amides is 1. The van der Waals surface area contributed by atoms with Gasteiger partial charge in [-0.25, -0.2) is 0 Å². The molecule has 1 aliphatic rings. The highest BCUT2D eigenvalue weighted by atomic mass is 79.9. The predicted octanol–water partition coefficient (Wildman–Crippen LogP) is 0.970. The molecule has 2 rings (SSSR count). The van der Waals surface area contributed by atoms with Crippen LogP contribution in [0.2, 0.25) is 0 Å². The van der Waals surface area contributed by atoms with E-state index in [-0.39, 0.29) is 5.91 Å². The molecule has 16 heavy (non-hydrogen) atoms. The Kier molecular flexibility index (Phi) is 3.28. The summed E-state index contributed by atoms with van der Waals surface area (Å²) in [5, 5.41) is 22.3. The fourth-order valence-corrected chi connectivity index (χ4v) is 2.08. The summed E-state index contributed by atoms with van der Waals surface area (Å²) < 4.78 is 0. The van der Waals surface area contributed by atoms with Gasteiger partial charge in [-0.3, -0.25) is 4.79 Å². The van der Waals surface area contributed by atoms with Gasteiger partial charge in [-0.05, 0) is 17.2 Å². The van der Waals surface area contributed by atoms with Crippen molar-refractivity contribution in [2.75, 3.05) is 10.6 Å².